The van der Waals surface area contributed by atoms with Crippen LogP contribution in [0.15, 0.2) is 24.3 Å². The fourth-order valence-corrected chi connectivity index (χ4v) is 2.47. The fourth-order valence-electron chi connectivity index (χ4n) is 2.28. The molecule has 0 aromatic heterocycles. The largest absolute Gasteiger partial charge is 0.389 e. The molecule has 1 saturated heterocycles. The highest BCUT2D eigenvalue weighted by molar-refractivity contribution is 6.30. The molecule has 0 aliphatic carbocycles. The number of carbonyl (C=O) groups excluding carboxylic acids is 1. The summed E-state index contributed by atoms with van der Waals surface area (Å²) in [5.41, 5.74) is 0.106. The number of likely N-dealkylation sites (tertiary alicyclic amines) is 1. The third-order valence-corrected chi connectivity index (χ3v) is 3.53. The number of aliphatic hydroxyl groups is 1. The van der Waals surface area contributed by atoms with Crippen LogP contribution in [0.5, 0.6) is 0 Å². The second-order valence-corrected chi connectivity index (χ2v) is 5.77. The highest BCUT2D eigenvalue weighted by Gasteiger charge is 2.30. The van der Waals surface area contributed by atoms with Gasteiger partial charge in [0.2, 0.25) is 5.91 Å². The van der Waals surface area contributed by atoms with E-state index in [1.54, 1.807) is 18.2 Å². The summed E-state index contributed by atoms with van der Waals surface area (Å²) in [6.45, 7) is 3.98. The monoisotopic (exact) mass is 282 g/mol. The molecule has 5 heteroatoms. The van der Waals surface area contributed by atoms with Crippen molar-refractivity contribution in [1.29, 1.82) is 0 Å². The first-order valence-corrected chi connectivity index (χ1v) is 6.83. The number of nitrogens with one attached hydrogen (secondary N) is 1. The van der Waals surface area contributed by atoms with E-state index >= 15 is 0 Å². The number of benzene rings is 1. The van der Waals surface area contributed by atoms with Crippen LogP contribution >= 0.6 is 11.6 Å². The molecular formula is C14H19ClN2O2. The first-order chi connectivity index (χ1) is 8.94. The lowest BCUT2D eigenvalue weighted by Gasteiger charge is -2.18. The van der Waals surface area contributed by atoms with Crippen LogP contribution < -0.4 is 5.32 Å². The number of anilines is 1. The van der Waals surface area contributed by atoms with Crippen LogP contribution in [-0.2, 0) is 4.79 Å². The van der Waals surface area contributed by atoms with E-state index in [0.717, 1.165) is 13.0 Å². The molecule has 0 spiro atoms. The predicted octanol–water partition coefficient (Wildman–Crippen LogP) is 2.13. The van der Waals surface area contributed by atoms with E-state index in [2.05, 4.69) is 10.2 Å². The van der Waals surface area contributed by atoms with Crippen LogP contribution in [0.4, 0.5) is 5.69 Å². The molecule has 1 aromatic rings. The maximum absolute atomic E-state index is 11.8. The molecule has 1 fully saturated rings. The molecular weight excluding hydrogens is 264 g/mol. The van der Waals surface area contributed by atoms with Gasteiger partial charge in [-0.15, -0.1) is 0 Å². The van der Waals surface area contributed by atoms with Gasteiger partial charge in [-0.2, -0.15) is 0 Å². The lowest BCUT2D eigenvalue weighted by molar-refractivity contribution is -0.116. The van der Waals surface area contributed by atoms with Crippen molar-refractivity contribution in [3.8, 4) is 0 Å². The van der Waals surface area contributed by atoms with Crippen LogP contribution in [0.2, 0.25) is 5.02 Å². The van der Waals surface area contributed by atoms with E-state index in [9.17, 15) is 9.90 Å². The molecule has 2 rings (SSSR count). The Hall–Kier alpha value is -1.10. The Labute approximate surface area is 118 Å². The van der Waals surface area contributed by atoms with Gasteiger partial charge in [-0.3, -0.25) is 9.69 Å². The van der Waals surface area contributed by atoms with E-state index in [4.69, 9.17) is 11.6 Å². The number of rotatable bonds is 4. The lowest BCUT2D eigenvalue weighted by Crippen LogP contribution is -2.31. The van der Waals surface area contributed by atoms with Crippen LogP contribution in [0.25, 0.3) is 0 Å². The van der Waals surface area contributed by atoms with Crippen LogP contribution in [0.1, 0.15) is 19.8 Å². The molecule has 19 heavy (non-hydrogen) atoms. The first-order valence-electron chi connectivity index (χ1n) is 6.45. The van der Waals surface area contributed by atoms with Crippen molar-refractivity contribution in [3.63, 3.8) is 0 Å². The number of halogens is 1. The average Bonchev–Trinajstić information content (AvgIpc) is 2.66. The second kappa shape index (κ2) is 5.90. The molecule has 1 aliphatic rings. The summed E-state index contributed by atoms with van der Waals surface area (Å²) in [4.78, 5) is 13.9. The Kier molecular flexibility index (Phi) is 4.45. The lowest BCUT2D eigenvalue weighted by atomic mass is 10.1. The van der Waals surface area contributed by atoms with Crippen LogP contribution in [0.3, 0.4) is 0 Å². The zero-order chi connectivity index (χ0) is 13.9. The van der Waals surface area contributed by atoms with Crippen molar-refractivity contribution in [2.75, 3.05) is 25.0 Å². The number of hydrogen-bond donors (Lipinski definition) is 2. The van der Waals surface area contributed by atoms with Gasteiger partial charge in [0, 0.05) is 36.8 Å². The van der Waals surface area contributed by atoms with E-state index in [1.165, 1.54) is 0 Å². The minimum atomic E-state index is -0.608. The summed E-state index contributed by atoms with van der Waals surface area (Å²) >= 11 is 5.85. The van der Waals surface area contributed by atoms with Gasteiger partial charge in [-0.1, -0.05) is 17.7 Å². The van der Waals surface area contributed by atoms with Crippen LogP contribution in [0, 0.1) is 0 Å². The maximum Gasteiger partial charge on any atom is 0.225 e. The first kappa shape index (κ1) is 14.3. The highest BCUT2D eigenvalue weighted by atomic mass is 35.5. The zero-order valence-corrected chi connectivity index (χ0v) is 11.8. The smallest absolute Gasteiger partial charge is 0.225 e. The summed E-state index contributed by atoms with van der Waals surface area (Å²) < 4.78 is 0. The Morgan fingerprint density at radius 1 is 1.58 bits per heavy atom. The SMILES string of the molecule is CC1(O)CCN(CCC(=O)Nc2cccc(Cl)c2)C1. The predicted molar refractivity (Wildman–Crippen MR) is 76.4 cm³/mol. The Morgan fingerprint density at radius 3 is 3.00 bits per heavy atom. The third-order valence-electron chi connectivity index (χ3n) is 3.29. The van der Waals surface area contributed by atoms with E-state index < -0.39 is 5.60 Å². The highest BCUT2D eigenvalue weighted by Crippen LogP contribution is 2.20. The van der Waals surface area contributed by atoms with E-state index in [-0.39, 0.29) is 5.91 Å². The van der Waals surface area contributed by atoms with Crippen molar-refractivity contribution in [2.24, 2.45) is 0 Å². The molecule has 0 radical (unpaired) electrons. The molecule has 1 atom stereocenters. The molecule has 0 bridgehead atoms. The molecule has 104 valence electrons. The third kappa shape index (κ3) is 4.49. The minimum Gasteiger partial charge on any atom is -0.389 e. The number of amides is 1. The Bertz CT molecular complexity index is 463. The van der Waals surface area contributed by atoms with E-state index in [0.29, 0.717) is 30.2 Å². The van der Waals surface area contributed by atoms with Gasteiger partial charge < -0.3 is 10.4 Å². The Balaban J connectivity index is 1.76. The summed E-state index contributed by atoms with van der Waals surface area (Å²) in [6, 6.07) is 7.10. The Morgan fingerprint density at radius 2 is 2.37 bits per heavy atom. The number of nitrogens with zero attached hydrogens (tertiary/aromatic N) is 1. The zero-order valence-electron chi connectivity index (χ0n) is 11.0. The summed E-state index contributed by atoms with van der Waals surface area (Å²) in [6.07, 6.45) is 1.19. The standard InChI is InChI=1S/C14H19ClN2O2/c1-14(19)6-8-17(10-14)7-5-13(18)16-12-4-2-3-11(15)9-12/h2-4,9,19H,5-8,10H2,1H3,(H,16,18). The van der Waals surface area contributed by atoms with E-state index in [1.807, 2.05) is 13.0 Å². The van der Waals surface area contributed by atoms with Gasteiger partial charge in [0.25, 0.3) is 0 Å². The molecule has 1 unspecified atom stereocenters. The fraction of sp³-hybridized carbons (Fsp3) is 0.500. The normalized spacial score (nSPS) is 23.5. The van der Waals surface area contributed by atoms with Crippen molar-refractivity contribution < 1.29 is 9.90 Å². The second-order valence-electron chi connectivity index (χ2n) is 5.33. The minimum absolute atomic E-state index is 0.0335. The molecule has 1 aromatic carbocycles. The number of carbonyl (C=O) groups is 1. The van der Waals surface area contributed by atoms with Gasteiger partial charge in [0.1, 0.15) is 0 Å². The molecule has 4 nitrogen and oxygen atoms in total. The van der Waals surface area contributed by atoms with Gasteiger partial charge in [-0.05, 0) is 31.5 Å². The van der Waals surface area contributed by atoms with Gasteiger partial charge in [0.05, 0.1) is 5.60 Å². The van der Waals surface area contributed by atoms with Crippen molar-refractivity contribution >= 4 is 23.2 Å². The van der Waals surface area contributed by atoms with Gasteiger partial charge in [0.15, 0.2) is 0 Å². The van der Waals surface area contributed by atoms with Crippen molar-refractivity contribution in [3.05, 3.63) is 29.3 Å². The molecule has 2 N–H and O–H groups in total. The number of β-amino-alcohol motifs (C(OH)–C–C–N with tert-alkyl or cyclic N) is 1. The van der Waals surface area contributed by atoms with Gasteiger partial charge >= 0.3 is 0 Å². The van der Waals surface area contributed by atoms with Gasteiger partial charge in [-0.25, -0.2) is 0 Å². The maximum atomic E-state index is 11.8. The quantitative estimate of drug-likeness (QED) is 0.889. The molecule has 0 saturated carbocycles. The number of hydrogen-bond acceptors (Lipinski definition) is 3. The van der Waals surface area contributed by atoms with Crippen molar-refractivity contribution in [1.82, 2.24) is 4.90 Å². The summed E-state index contributed by atoms with van der Waals surface area (Å²) in [5, 5.41) is 13.3. The molecule has 1 aliphatic heterocycles. The summed E-state index contributed by atoms with van der Waals surface area (Å²) in [5.74, 6) is -0.0335. The topological polar surface area (TPSA) is 52.6 Å². The summed E-state index contributed by atoms with van der Waals surface area (Å²) in [7, 11) is 0. The molecule has 1 heterocycles. The molecule has 1 amide bonds. The van der Waals surface area contributed by atoms with Crippen molar-refractivity contribution in [2.45, 2.75) is 25.4 Å². The average molecular weight is 283 g/mol. The van der Waals surface area contributed by atoms with Crippen LogP contribution in [-0.4, -0.2) is 41.1 Å².